The minimum atomic E-state index is 0.0206. The van der Waals surface area contributed by atoms with Gasteiger partial charge in [0.05, 0.1) is 7.11 Å². The highest BCUT2D eigenvalue weighted by Crippen LogP contribution is 2.20. The second kappa shape index (κ2) is 8.87. The number of hydrogen-bond donors (Lipinski definition) is 0. The molecule has 0 bridgehead atoms. The van der Waals surface area contributed by atoms with Crippen molar-refractivity contribution in [2.24, 2.45) is 0 Å². The van der Waals surface area contributed by atoms with E-state index >= 15 is 0 Å². The smallest absolute Gasteiger partial charge is 0.246 e. The van der Waals surface area contributed by atoms with Gasteiger partial charge in [-0.3, -0.25) is 4.79 Å². The van der Waals surface area contributed by atoms with Crippen LogP contribution in [0, 0.1) is 6.92 Å². The molecule has 6 heteroatoms. The number of amides is 1. The fourth-order valence-electron chi connectivity index (χ4n) is 3.22. The third kappa shape index (κ3) is 4.68. The fraction of sp³-hybridized carbons (Fsp3) is 0.409. The first-order valence-corrected chi connectivity index (χ1v) is 9.68. The Hall–Kier alpha value is -2.89. The Bertz CT molecular complexity index is 855. The molecule has 1 aromatic heterocycles. The SMILES string of the molecule is COc1ccccc1/C=C/C(=O)N1CCN(c2cc(C)nc(C(C)C)n2)CC1. The van der Waals surface area contributed by atoms with E-state index in [0.717, 1.165) is 41.7 Å². The quantitative estimate of drug-likeness (QED) is 0.745. The van der Waals surface area contributed by atoms with Crippen molar-refractivity contribution in [1.29, 1.82) is 0 Å². The van der Waals surface area contributed by atoms with E-state index < -0.39 is 0 Å². The lowest BCUT2D eigenvalue weighted by Gasteiger charge is -2.35. The lowest BCUT2D eigenvalue weighted by molar-refractivity contribution is -0.126. The summed E-state index contributed by atoms with van der Waals surface area (Å²) in [5.74, 6) is 2.89. The van der Waals surface area contributed by atoms with Gasteiger partial charge in [0.25, 0.3) is 0 Å². The number of piperazine rings is 1. The monoisotopic (exact) mass is 380 g/mol. The molecule has 0 atom stereocenters. The zero-order valence-electron chi connectivity index (χ0n) is 17.1. The molecule has 6 nitrogen and oxygen atoms in total. The van der Waals surface area contributed by atoms with Crippen LogP contribution in [0.1, 0.15) is 36.8 Å². The van der Waals surface area contributed by atoms with Crippen LogP contribution in [0.25, 0.3) is 6.08 Å². The van der Waals surface area contributed by atoms with Gasteiger partial charge in [0.2, 0.25) is 5.91 Å². The summed E-state index contributed by atoms with van der Waals surface area (Å²) >= 11 is 0. The Morgan fingerprint density at radius 2 is 1.86 bits per heavy atom. The maximum absolute atomic E-state index is 12.6. The third-order valence-corrected chi connectivity index (χ3v) is 4.83. The van der Waals surface area contributed by atoms with Gasteiger partial charge in [-0.15, -0.1) is 0 Å². The van der Waals surface area contributed by atoms with E-state index in [4.69, 9.17) is 9.72 Å². The molecule has 1 fully saturated rings. The average molecular weight is 380 g/mol. The molecular formula is C22H28N4O2. The molecular weight excluding hydrogens is 352 g/mol. The Labute approximate surface area is 166 Å². The summed E-state index contributed by atoms with van der Waals surface area (Å²) in [7, 11) is 1.63. The first kappa shape index (κ1) is 19.9. The van der Waals surface area contributed by atoms with Gasteiger partial charge in [-0.1, -0.05) is 32.0 Å². The van der Waals surface area contributed by atoms with E-state index in [2.05, 4.69) is 23.7 Å². The summed E-state index contributed by atoms with van der Waals surface area (Å²) in [6.45, 7) is 9.08. The zero-order valence-corrected chi connectivity index (χ0v) is 17.1. The molecule has 28 heavy (non-hydrogen) atoms. The molecule has 0 N–H and O–H groups in total. The molecule has 2 heterocycles. The highest BCUT2D eigenvalue weighted by molar-refractivity contribution is 5.92. The first-order chi connectivity index (χ1) is 13.5. The normalized spacial score (nSPS) is 14.8. The molecule has 0 saturated carbocycles. The van der Waals surface area contributed by atoms with Crippen molar-refractivity contribution in [3.63, 3.8) is 0 Å². The summed E-state index contributed by atoms with van der Waals surface area (Å²) in [5, 5.41) is 0. The largest absolute Gasteiger partial charge is 0.496 e. The van der Waals surface area contributed by atoms with Crippen molar-refractivity contribution in [1.82, 2.24) is 14.9 Å². The number of anilines is 1. The van der Waals surface area contributed by atoms with Gasteiger partial charge in [-0.05, 0) is 19.1 Å². The van der Waals surface area contributed by atoms with Gasteiger partial charge < -0.3 is 14.5 Å². The second-order valence-corrected chi connectivity index (χ2v) is 7.27. The number of carbonyl (C=O) groups excluding carboxylic acids is 1. The van der Waals surface area contributed by atoms with E-state index in [1.54, 1.807) is 13.2 Å². The van der Waals surface area contributed by atoms with Crippen LogP contribution in [0.2, 0.25) is 0 Å². The molecule has 0 unspecified atom stereocenters. The predicted octanol–water partition coefficient (Wildman–Crippen LogP) is 3.28. The molecule has 1 aliphatic rings. The molecule has 1 aromatic carbocycles. The highest BCUT2D eigenvalue weighted by Gasteiger charge is 2.21. The lowest BCUT2D eigenvalue weighted by atomic mass is 10.2. The van der Waals surface area contributed by atoms with Gasteiger partial charge in [0.15, 0.2) is 0 Å². The van der Waals surface area contributed by atoms with Crippen LogP contribution in [-0.4, -0.2) is 54.1 Å². The van der Waals surface area contributed by atoms with E-state index in [0.29, 0.717) is 19.0 Å². The average Bonchev–Trinajstić information content (AvgIpc) is 2.71. The van der Waals surface area contributed by atoms with Gasteiger partial charge in [-0.25, -0.2) is 9.97 Å². The Morgan fingerprint density at radius 1 is 1.14 bits per heavy atom. The van der Waals surface area contributed by atoms with Gasteiger partial charge in [0, 0.05) is 55.5 Å². The second-order valence-electron chi connectivity index (χ2n) is 7.27. The van der Waals surface area contributed by atoms with Crippen molar-refractivity contribution in [3.8, 4) is 5.75 Å². The molecule has 0 radical (unpaired) electrons. The molecule has 1 aliphatic heterocycles. The summed E-state index contributed by atoms with van der Waals surface area (Å²) in [4.78, 5) is 25.9. The molecule has 2 aromatic rings. The predicted molar refractivity (Wildman–Crippen MR) is 112 cm³/mol. The summed E-state index contributed by atoms with van der Waals surface area (Å²) in [6.07, 6.45) is 3.44. The fourth-order valence-corrected chi connectivity index (χ4v) is 3.22. The number of para-hydroxylation sites is 1. The summed E-state index contributed by atoms with van der Waals surface area (Å²) in [5.41, 5.74) is 1.88. The van der Waals surface area contributed by atoms with Gasteiger partial charge in [-0.2, -0.15) is 0 Å². The minimum Gasteiger partial charge on any atom is -0.496 e. The Morgan fingerprint density at radius 3 is 2.54 bits per heavy atom. The number of carbonyl (C=O) groups is 1. The van der Waals surface area contributed by atoms with E-state index in [1.807, 2.05) is 48.2 Å². The van der Waals surface area contributed by atoms with Crippen LogP contribution in [0.5, 0.6) is 5.75 Å². The van der Waals surface area contributed by atoms with Crippen molar-refractivity contribution >= 4 is 17.8 Å². The molecule has 1 amide bonds. The van der Waals surface area contributed by atoms with Crippen molar-refractivity contribution in [2.75, 3.05) is 38.2 Å². The van der Waals surface area contributed by atoms with E-state index in [9.17, 15) is 4.79 Å². The molecule has 1 saturated heterocycles. The minimum absolute atomic E-state index is 0.0206. The van der Waals surface area contributed by atoms with Crippen LogP contribution in [-0.2, 0) is 4.79 Å². The number of aromatic nitrogens is 2. The number of aryl methyl sites for hydroxylation is 1. The van der Waals surface area contributed by atoms with Gasteiger partial charge in [0.1, 0.15) is 17.4 Å². The zero-order chi connectivity index (χ0) is 20.1. The highest BCUT2D eigenvalue weighted by atomic mass is 16.5. The number of nitrogens with zero attached hydrogens (tertiary/aromatic N) is 4. The molecule has 0 aliphatic carbocycles. The topological polar surface area (TPSA) is 58.6 Å². The van der Waals surface area contributed by atoms with Gasteiger partial charge >= 0.3 is 0 Å². The Kier molecular flexibility index (Phi) is 6.29. The van der Waals surface area contributed by atoms with Crippen molar-refractivity contribution in [2.45, 2.75) is 26.7 Å². The standard InChI is InChI=1S/C22H28N4O2/c1-16(2)22-23-17(3)15-20(24-22)25-11-13-26(14-12-25)21(27)10-9-18-7-5-6-8-19(18)28-4/h5-10,15-16H,11-14H2,1-4H3/b10-9+. The number of ether oxygens (including phenoxy) is 1. The molecule has 0 spiro atoms. The van der Waals surface area contributed by atoms with E-state index in [-0.39, 0.29) is 5.91 Å². The van der Waals surface area contributed by atoms with E-state index in [1.165, 1.54) is 0 Å². The first-order valence-electron chi connectivity index (χ1n) is 9.68. The lowest BCUT2D eigenvalue weighted by Crippen LogP contribution is -2.48. The summed E-state index contributed by atoms with van der Waals surface area (Å²) in [6, 6.07) is 9.69. The van der Waals surface area contributed by atoms with Crippen molar-refractivity contribution < 1.29 is 9.53 Å². The maximum Gasteiger partial charge on any atom is 0.246 e. The van der Waals surface area contributed by atoms with Crippen molar-refractivity contribution in [3.05, 3.63) is 53.5 Å². The van der Waals surface area contributed by atoms with Crippen LogP contribution in [0.3, 0.4) is 0 Å². The van der Waals surface area contributed by atoms with Crippen LogP contribution >= 0.6 is 0 Å². The molecule has 148 valence electrons. The summed E-state index contributed by atoms with van der Waals surface area (Å²) < 4.78 is 5.33. The number of benzene rings is 1. The van der Waals surface area contributed by atoms with Crippen LogP contribution in [0.15, 0.2) is 36.4 Å². The molecule has 3 rings (SSSR count). The number of methoxy groups -OCH3 is 1. The number of hydrogen-bond acceptors (Lipinski definition) is 5. The van der Waals surface area contributed by atoms with Crippen LogP contribution in [0.4, 0.5) is 5.82 Å². The third-order valence-electron chi connectivity index (χ3n) is 4.83. The maximum atomic E-state index is 12.6. The Balaban J connectivity index is 1.62. The number of rotatable bonds is 5. The van der Waals surface area contributed by atoms with Crippen LogP contribution < -0.4 is 9.64 Å².